The molecule has 0 saturated heterocycles. The van der Waals surface area contributed by atoms with Crippen molar-refractivity contribution in [1.29, 1.82) is 0 Å². The predicted molar refractivity (Wildman–Crippen MR) is 70.5 cm³/mol. The van der Waals surface area contributed by atoms with E-state index in [9.17, 15) is 13.2 Å². The number of carbonyl (C=O) groups is 1. The standard InChI is InChI=1S/C11H24N2O4S/c1-9(2)12(6)18(16,17)13(11(3,4)5)8-7-10(14)15/h9H,7-8H2,1-6H3,(H,14,15). The lowest BCUT2D eigenvalue weighted by Gasteiger charge is -2.37. The summed E-state index contributed by atoms with van der Waals surface area (Å²) in [5.74, 6) is -1.01. The van der Waals surface area contributed by atoms with Gasteiger partial charge >= 0.3 is 5.97 Å². The van der Waals surface area contributed by atoms with E-state index in [-0.39, 0.29) is 19.0 Å². The third kappa shape index (κ3) is 4.55. The Kier molecular flexibility index (Phi) is 5.77. The molecule has 18 heavy (non-hydrogen) atoms. The van der Waals surface area contributed by atoms with Crippen LogP contribution in [0.3, 0.4) is 0 Å². The average molecular weight is 280 g/mol. The Hall–Kier alpha value is -0.660. The summed E-state index contributed by atoms with van der Waals surface area (Å²) in [6.45, 7) is 8.77. The molecule has 0 aromatic heterocycles. The highest BCUT2D eigenvalue weighted by Crippen LogP contribution is 2.21. The molecule has 6 nitrogen and oxygen atoms in total. The summed E-state index contributed by atoms with van der Waals surface area (Å²) >= 11 is 0. The summed E-state index contributed by atoms with van der Waals surface area (Å²) in [6.07, 6.45) is -0.206. The third-order valence-corrected chi connectivity index (χ3v) is 5.08. The molecular formula is C11H24N2O4S. The maximum absolute atomic E-state index is 12.4. The van der Waals surface area contributed by atoms with Crippen molar-refractivity contribution < 1.29 is 18.3 Å². The fourth-order valence-corrected chi connectivity index (χ4v) is 3.27. The van der Waals surface area contributed by atoms with Crippen LogP contribution in [-0.2, 0) is 15.0 Å². The first-order chi connectivity index (χ1) is 7.90. The van der Waals surface area contributed by atoms with E-state index >= 15 is 0 Å². The molecule has 0 fully saturated rings. The van der Waals surface area contributed by atoms with Gasteiger partial charge in [0.2, 0.25) is 0 Å². The molecule has 0 amide bonds. The van der Waals surface area contributed by atoms with Crippen molar-refractivity contribution >= 4 is 16.2 Å². The zero-order chi connectivity index (χ0) is 14.7. The lowest BCUT2D eigenvalue weighted by Crippen LogP contribution is -2.53. The molecule has 0 heterocycles. The molecule has 0 spiro atoms. The number of hydrogen-bond donors (Lipinski definition) is 1. The molecule has 0 aliphatic heterocycles. The minimum Gasteiger partial charge on any atom is -0.481 e. The van der Waals surface area contributed by atoms with Crippen LogP contribution in [0.15, 0.2) is 0 Å². The number of carboxylic acids is 1. The molecule has 0 saturated carbocycles. The van der Waals surface area contributed by atoms with Gasteiger partial charge in [-0.15, -0.1) is 0 Å². The van der Waals surface area contributed by atoms with Gasteiger partial charge in [-0.1, -0.05) is 0 Å². The van der Waals surface area contributed by atoms with Gasteiger partial charge in [0.05, 0.1) is 6.42 Å². The molecule has 0 aliphatic rings. The quantitative estimate of drug-likeness (QED) is 0.791. The average Bonchev–Trinajstić information content (AvgIpc) is 2.13. The summed E-state index contributed by atoms with van der Waals surface area (Å²) in [7, 11) is -2.15. The minimum atomic E-state index is -3.65. The van der Waals surface area contributed by atoms with Crippen LogP contribution in [0.5, 0.6) is 0 Å². The van der Waals surface area contributed by atoms with E-state index in [1.807, 2.05) is 0 Å². The Morgan fingerprint density at radius 2 is 1.72 bits per heavy atom. The van der Waals surface area contributed by atoms with E-state index in [1.54, 1.807) is 34.6 Å². The molecule has 0 atom stereocenters. The van der Waals surface area contributed by atoms with Gasteiger partial charge in [-0.05, 0) is 34.6 Å². The van der Waals surface area contributed by atoms with E-state index < -0.39 is 21.7 Å². The van der Waals surface area contributed by atoms with E-state index in [0.29, 0.717) is 0 Å². The second-order valence-corrected chi connectivity index (χ2v) is 7.42. The van der Waals surface area contributed by atoms with Crippen LogP contribution in [0.1, 0.15) is 41.0 Å². The van der Waals surface area contributed by atoms with Gasteiger partial charge in [0.1, 0.15) is 0 Å². The van der Waals surface area contributed by atoms with Crippen LogP contribution in [0.25, 0.3) is 0 Å². The molecular weight excluding hydrogens is 256 g/mol. The van der Waals surface area contributed by atoms with Crippen molar-refractivity contribution in [2.24, 2.45) is 0 Å². The van der Waals surface area contributed by atoms with Gasteiger partial charge in [-0.25, -0.2) is 0 Å². The van der Waals surface area contributed by atoms with Gasteiger partial charge < -0.3 is 5.11 Å². The number of nitrogens with zero attached hydrogens (tertiary/aromatic N) is 2. The maximum Gasteiger partial charge on any atom is 0.304 e. The van der Waals surface area contributed by atoms with Crippen LogP contribution < -0.4 is 0 Å². The van der Waals surface area contributed by atoms with E-state index in [4.69, 9.17) is 5.11 Å². The summed E-state index contributed by atoms with van der Waals surface area (Å²) < 4.78 is 27.3. The van der Waals surface area contributed by atoms with Gasteiger partial charge in [0.25, 0.3) is 10.2 Å². The number of rotatable bonds is 6. The molecule has 0 bridgehead atoms. The summed E-state index contributed by atoms with van der Waals surface area (Å²) in [5.41, 5.74) is -0.655. The van der Waals surface area contributed by atoms with E-state index in [2.05, 4.69) is 0 Å². The van der Waals surface area contributed by atoms with Crippen LogP contribution in [0, 0.1) is 0 Å². The SMILES string of the molecule is CC(C)N(C)S(=O)(=O)N(CCC(=O)O)C(C)(C)C. The van der Waals surface area contributed by atoms with Crippen molar-refractivity contribution in [2.75, 3.05) is 13.6 Å². The van der Waals surface area contributed by atoms with Crippen molar-refractivity contribution in [1.82, 2.24) is 8.61 Å². The Morgan fingerprint density at radius 3 is 2.00 bits per heavy atom. The van der Waals surface area contributed by atoms with Crippen LogP contribution in [0.4, 0.5) is 0 Å². The first-order valence-electron chi connectivity index (χ1n) is 5.88. The lowest BCUT2D eigenvalue weighted by molar-refractivity contribution is -0.137. The van der Waals surface area contributed by atoms with Crippen LogP contribution >= 0.6 is 0 Å². The highest BCUT2D eigenvalue weighted by molar-refractivity contribution is 7.86. The smallest absolute Gasteiger partial charge is 0.304 e. The van der Waals surface area contributed by atoms with Crippen molar-refractivity contribution in [3.8, 4) is 0 Å². The second-order valence-electron chi connectivity index (χ2n) is 5.50. The normalized spacial score (nSPS) is 13.6. The molecule has 0 aliphatic carbocycles. The molecule has 0 rings (SSSR count). The molecule has 7 heteroatoms. The summed E-state index contributed by atoms with van der Waals surface area (Å²) in [6, 6.07) is -0.176. The summed E-state index contributed by atoms with van der Waals surface area (Å²) in [4.78, 5) is 10.6. The molecule has 0 radical (unpaired) electrons. The second kappa shape index (κ2) is 5.99. The van der Waals surface area contributed by atoms with E-state index in [1.165, 1.54) is 15.7 Å². The summed E-state index contributed by atoms with van der Waals surface area (Å²) in [5, 5.41) is 8.71. The number of hydrogen-bond acceptors (Lipinski definition) is 3. The topological polar surface area (TPSA) is 77.9 Å². The third-order valence-electron chi connectivity index (χ3n) is 2.65. The Morgan fingerprint density at radius 1 is 1.28 bits per heavy atom. The van der Waals surface area contributed by atoms with Crippen molar-refractivity contribution in [2.45, 2.75) is 52.6 Å². The maximum atomic E-state index is 12.4. The van der Waals surface area contributed by atoms with Gasteiger partial charge in [0, 0.05) is 25.2 Å². The Balaban J connectivity index is 5.26. The van der Waals surface area contributed by atoms with Crippen molar-refractivity contribution in [3.63, 3.8) is 0 Å². The predicted octanol–water partition coefficient (Wildman–Crippen LogP) is 1.15. The van der Waals surface area contributed by atoms with Crippen LogP contribution in [-0.4, -0.2) is 53.3 Å². The largest absolute Gasteiger partial charge is 0.481 e. The first kappa shape index (κ1) is 17.3. The first-order valence-corrected chi connectivity index (χ1v) is 7.28. The lowest BCUT2D eigenvalue weighted by atomic mass is 10.1. The number of aliphatic carboxylic acids is 1. The van der Waals surface area contributed by atoms with E-state index in [0.717, 1.165) is 0 Å². The van der Waals surface area contributed by atoms with Gasteiger partial charge in [-0.2, -0.15) is 17.0 Å². The molecule has 0 aromatic rings. The molecule has 108 valence electrons. The highest BCUT2D eigenvalue weighted by atomic mass is 32.2. The number of carboxylic acid groups (broad SMARTS) is 1. The van der Waals surface area contributed by atoms with Gasteiger partial charge in [-0.3, -0.25) is 4.79 Å². The van der Waals surface area contributed by atoms with Crippen LogP contribution in [0.2, 0.25) is 0 Å². The monoisotopic (exact) mass is 280 g/mol. The Labute approximate surface area is 110 Å². The zero-order valence-electron chi connectivity index (χ0n) is 12.0. The zero-order valence-corrected chi connectivity index (χ0v) is 12.8. The fraction of sp³-hybridized carbons (Fsp3) is 0.909. The molecule has 0 aromatic carbocycles. The molecule has 0 unspecified atom stereocenters. The highest BCUT2D eigenvalue weighted by Gasteiger charge is 2.36. The fourth-order valence-electron chi connectivity index (χ4n) is 1.42. The minimum absolute atomic E-state index is 0.0295. The Bertz CT molecular complexity index is 384. The van der Waals surface area contributed by atoms with Gasteiger partial charge in [0.15, 0.2) is 0 Å². The van der Waals surface area contributed by atoms with Crippen molar-refractivity contribution in [3.05, 3.63) is 0 Å². The molecule has 1 N–H and O–H groups in total.